The Labute approximate surface area is 114 Å². The average molecular weight is 251 g/mol. The van der Waals surface area contributed by atoms with Gasteiger partial charge in [0, 0.05) is 12.1 Å². The molecule has 106 valence electrons. The summed E-state index contributed by atoms with van der Waals surface area (Å²) < 4.78 is 0. The van der Waals surface area contributed by atoms with E-state index in [-0.39, 0.29) is 0 Å². The van der Waals surface area contributed by atoms with E-state index in [0.29, 0.717) is 0 Å². The standard InChI is InChI=1S/C17H33N/c1-15-16-11-9-7-5-3-2-4-6-8-10-12-17(18-15)14-13-16/h15-18H,2-14H2,1H3/t15-,16?,17-/m1/s1. The molecule has 0 aromatic heterocycles. The van der Waals surface area contributed by atoms with E-state index in [2.05, 4.69) is 12.2 Å². The van der Waals surface area contributed by atoms with Gasteiger partial charge in [-0.2, -0.15) is 0 Å². The molecule has 1 unspecified atom stereocenters. The largest absolute Gasteiger partial charge is 0.311 e. The molecule has 1 N–H and O–H groups in total. The molecule has 0 aromatic carbocycles. The molecule has 2 bridgehead atoms. The SMILES string of the molecule is C[C@H]1N[C@@H]2CCCCCCCCCCCC1CC2. The fourth-order valence-corrected chi connectivity index (χ4v) is 3.91. The van der Waals surface area contributed by atoms with Crippen molar-refractivity contribution in [2.75, 3.05) is 0 Å². The topological polar surface area (TPSA) is 12.0 Å². The van der Waals surface area contributed by atoms with Crippen molar-refractivity contribution in [1.82, 2.24) is 5.32 Å². The van der Waals surface area contributed by atoms with E-state index in [1.807, 2.05) is 0 Å². The molecule has 1 heteroatoms. The zero-order valence-corrected chi connectivity index (χ0v) is 12.4. The zero-order valence-electron chi connectivity index (χ0n) is 12.4. The Balaban J connectivity index is 1.78. The molecule has 2 heterocycles. The second-order valence-corrected chi connectivity index (χ2v) is 6.75. The van der Waals surface area contributed by atoms with E-state index >= 15 is 0 Å². The first-order valence-electron chi connectivity index (χ1n) is 8.62. The Bertz CT molecular complexity index is 210. The third-order valence-corrected chi connectivity index (χ3v) is 5.22. The van der Waals surface area contributed by atoms with Gasteiger partial charge in [0.25, 0.3) is 0 Å². The van der Waals surface area contributed by atoms with Gasteiger partial charge in [-0.25, -0.2) is 0 Å². The summed E-state index contributed by atoms with van der Waals surface area (Å²) in [5.41, 5.74) is 0. The van der Waals surface area contributed by atoms with Gasteiger partial charge in [-0.15, -0.1) is 0 Å². The van der Waals surface area contributed by atoms with Crippen LogP contribution >= 0.6 is 0 Å². The van der Waals surface area contributed by atoms with Crippen molar-refractivity contribution >= 4 is 0 Å². The van der Waals surface area contributed by atoms with Gasteiger partial charge in [-0.3, -0.25) is 0 Å². The van der Waals surface area contributed by atoms with Crippen molar-refractivity contribution in [1.29, 1.82) is 0 Å². The Morgan fingerprint density at radius 3 is 1.78 bits per heavy atom. The second kappa shape index (κ2) is 8.19. The van der Waals surface area contributed by atoms with Crippen molar-refractivity contribution in [2.45, 2.75) is 102 Å². The summed E-state index contributed by atoms with van der Waals surface area (Å²) in [6.45, 7) is 2.43. The van der Waals surface area contributed by atoms with Crippen LogP contribution in [0.2, 0.25) is 0 Å². The summed E-state index contributed by atoms with van der Waals surface area (Å²) in [5.74, 6) is 0.964. The summed E-state index contributed by atoms with van der Waals surface area (Å²) in [6, 6.07) is 1.61. The van der Waals surface area contributed by atoms with E-state index in [9.17, 15) is 0 Å². The Morgan fingerprint density at radius 2 is 1.17 bits per heavy atom. The van der Waals surface area contributed by atoms with Crippen molar-refractivity contribution in [2.24, 2.45) is 5.92 Å². The number of hydrogen-bond acceptors (Lipinski definition) is 1. The van der Waals surface area contributed by atoms with Crippen LogP contribution in [0.4, 0.5) is 0 Å². The van der Waals surface area contributed by atoms with Crippen LogP contribution in [0.25, 0.3) is 0 Å². The van der Waals surface area contributed by atoms with Crippen LogP contribution in [0.3, 0.4) is 0 Å². The van der Waals surface area contributed by atoms with Gasteiger partial charge < -0.3 is 5.32 Å². The summed E-state index contributed by atoms with van der Waals surface area (Å²) in [5, 5.41) is 3.89. The van der Waals surface area contributed by atoms with Crippen LogP contribution in [0.15, 0.2) is 0 Å². The molecular weight excluding hydrogens is 218 g/mol. The lowest BCUT2D eigenvalue weighted by Gasteiger charge is -2.36. The fourth-order valence-electron chi connectivity index (χ4n) is 3.91. The van der Waals surface area contributed by atoms with Crippen LogP contribution in [-0.2, 0) is 0 Å². The number of fused-ring (bicyclic) bond motifs is 12. The minimum absolute atomic E-state index is 0.772. The quantitative estimate of drug-likeness (QED) is 0.635. The summed E-state index contributed by atoms with van der Waals surface area (Å²) >= 11 is 0. The average Bonchev–Trinajstić information content (AvgIpc) is 2.38. The monoisotopic (exact) mass is 251 g/mol. The first kappa shape index (κ1) is 14.4. The first-order valence-corrected chi connectivity index (χ1v) is 8.62. The van der Waals surface area contributed by atoms with Gasteiger partial charge in [0.15, 0.2) is 0 Å². The van der Waals surface area contributed by atoms with Gasteiger partial charge in [0.05, 0.1) is 0 Å². The van der Waals surface area contributed by atoms with Gasteiger partial charge in [0.2, 0.25) is 0 Å². The number of nitrogens with one attached hydrogen (secondary N) is 1. The van der Waals surface area contributed by atoms with E-state index in [4.69, 9.17) is 0 Å². The fraction of sp³-hybridized carbons (Fsp3) is 1.00. The molecule has 2 aliphatic heterocycles. The predicted octanol–water partition coefficient (Wildman–Crippen LogP) is 5.05. The maximum absolute atomic E-state index is 3.89. The lowest BCUT2D eigenvalue weighted by atomic mass is 9.83. The molecule has 1 saturated carbocycles. The normalized spacial score (nSPS) is 36.8. The zero-order chi connectivity index (χ0) is 12.6. The molecule has 0 radical (unpaired) electrons. The molecule has 3 aliphatic rings. The van der Waals surface area contributed by atoms with Crippen LogP contribution in [0.1, 0.15) is 90.4 Å². The molecule has 18 heavy (non-hydrogen) atoms. The van der Waals surface area contributed by atoms with Crippen molar-refractivity contribution in [3.05, 3.63) is 0 Å². The molecule has 3 fully saturated rings. The van der Waals surface area contributed by atoms with Crippen LogP contribution < -0.4 is 5.32 Å². The molecule has 3 rings (SSSR count). The highest BCUT2D eigenvalue weighted by atomic mass is 15.0. The summed E-state index contributed by atoms with van der Waals surface area (Å²) in [4.78, 5) is 0. The third kappa shape index (κ3) is 4.91. The Morgan fingerprint density at radius 1 is 0.611 bits per heavy atom. The van der Waals surface area contributed by atoms with Crippen LogP contribution in [-0.4, -0.2) is 12.1 Å². The van der Waals surface area contributed by atoms with Gasteiger partial charge >= 0.3 is 0 Å². The highest BCUT2D eigenvalue weighted by Gasteiger charge is 2.25. The molecule has 0 spiro atoms. The third-order valence-electron chi connectivity index (χ3n) is 5.22. The minimum Gasteiger partial charge on any atom is -0.311 e. The molecule has 0 aromatic rings. The highest BCUT2D eigenvalue weighted by Crippen LogP contribution is 2.27. The van der Waals surface area contributed by atoms with E-state index in [1.54, 1.807) is 0 Å². The van der Waals surface area contributed by atoms with E-state index < -0.39 is 0 Å². The van der Waals surface area contributed by atoms with E-state index in [0.717, 1.165) is 18.0 Å². The second-order valence-electron chi connectivity index (χ2n) is 6.75. The van der Waals surface area contributed by atoms with Gasteiger partial charge in [-0.05, 0) is 38.5 Å². The van der Waals surface area contributed by atoms with Crippen molar-refractivity contribution in [3.63, 3.8) is 0 Å². The number of piperidine rings is 1. The molecule has 0 amide bonds. The number of rotatable bonds is 0. The maximum atomic E-state index is 3.89. The Hall–Kier alpha value is -0.0400. The summed E-state index contributed by atoms with van der Waals surface area (Å²) in [7, 11) is 0. The van der Waals surface area contributed by atoms with Gasteiger partial charge in [-0.1, -0.05) is 57.8 Å². The minimum atomic E-state index is 0.772. The maximum Gasteiger partial charge on any atom is 0.00697 e. The van der Waals surface area contributed by atoms with Gasteiger partial charge in [0.1, 0.15) is 0 Å². The lowest BCUT2D eigenvalue weighted by Crippen LogP contribution is -2.45. The van der Waals surface area contributed by atoms with Crippen molar-refractivity contribution < 1.29 is 0 Å². The molecular formula is C17H33N. The first-order chi connectivity index (χ1) is 8.86. The molecule has 2 saturated heterocycles. The van der Waals surface area contributed by atoms with Crippen LogP contribution in [0, 0.1) is 5.92 Å². The molecule has 1 nitrogen and oxygen atoms in total. The van der Waals surface area contributed by atoms with E-state index in [1.165, 1.54) is 83.5 Å². The lowest BCUT2D eigenvalue weighted by molar-refractivity contribution is 0.218. The number of hydrogen-bond donors (Lipinski definition) is 1. The molecule has 3 atom stereocenters. The summed E-state index contributed by atoms with van der Waals surface area (Å²) in [6.07, 6.45) is 19.1. The predicted molar refractivity (Wildman–Crippen MR) is 79.9 cm³/mol. The smallest absolute Gasteiger partial charge is 0.00697 e. The Kier molecular flexibility index (Phi) is 6.54. The highest BCUT2D eigenvalue weighted by molar-refractivity contribution is 4.84. The molecule has 1 aliphatic carbocycles. The van der Waals surface area contributed by atoms with Crippen molar-refractivity contribution in [3.8, 4) is 0 Å². The van der Waals surface area contributed by atoms with Crippen LogP contribution in [0.5, 0.6) is 0 Å².